The predicted octanol–water partition coefficient (Wildman–Crippen LogP) is 3.26. The van der Waals surface area contributed by atoms with Crippen molar-refractivity contribution in [3.63, 3.8) is 0 Å². The summed E-state index contributed by atoms with van der Waals surface area (Å²) >= 11 is 0. The van der Waals surface area contributed by atoms with Gasteiger partial charge in [-0.2, -0.15) is 0 Å². The standard InChI is InChI=1S/C15H23NO2SSi/c1-14-8-10-15(11-9-14)19(17,18)16-12-6-5-7-13-20(2,3)4/h5-11,13,16H,12H2,1-4H3/b6-5+,13-7+. The van der Waals surface area contributed by atoms with Gasteiger partial charge in [-0.05, 0) is 19.1 Å². The van der Waals surface area contributed by atoms with E-state index in [1.54, 1.807) is 24.3 Å². The van der Waals surface area contributed by atoms with Crippen molar-refractivity contribution in [3.05, 3.63) is 53.8 Å². The first kappa shape index (κ1) is 16.9. The fourth-order valence-electron chi connectivity index (χ4n) is 1.45. The molecule has 0 aliphatic rings. The zero-order valence-corrected chi connectivity index (χ0v) is 14.4. The second-order valence-corrected chi connectivity index (χ2v) is 12.7. The summed E-state index contributed by atoms with van der Waals surface area (Å²) in [6, 6.07) is 6.82. The maximum atomic E-state index is 12.0. The molecule has 1 aromatic carbocycles. The molecule has 0 heterocycles. The summed E-state index contributed by atoms with van der Waals surface area (Å²) in [6.07, 6.45) is 5.69. The second-order valence-electron chi connectivity index (χ2n) is 5.82. The summed E-state index contributed by atoms with van der Waals surface area (Å²) < 4.78 is 26.5. The molecule has 20 heavy (non-hydrogen) atoms. The number of rotatable bonds is 6. The van der Waals surface area contributed by atoms with Gasteiger partial charge in [0.1, 0.15) is 0 Å². The van der Waals surface area contributed by atoms with E-state index in [9.17, 15) is 8.42 Å². The fraction of sp³-hybridized carbons (Fsp3) is 0.333. The van der Waals surface area contributed by atoms with Crippen LogP contribution in [0.2, 0.25) is 19.6 Å². The van der Waals surface area contributed by atoms with E-state index in [0.717, 1.165) is 5.56 Å². The van der Waals surface area contributed by atoms with Gasteiger partial charge >= 0.3 is 0 Å². The van der Waals surface area contributed by atoms with Gasteiger partial charge in [-0.15, -0.1) is 0 Å². The van der Waals surface area contributed by atoms with Crippen molar-refractivity contribution < 1.29 is 8.42 Å². The van der Waals surface area contributed by atoms with Crippen LogP contribution in [0.1, 0.15) is 5.56 Å². The van der Waals surface area contributed by atoms with Crippen LogP contribution >= 0.6 is 0 Å². The van der Waals surface area contributed by atoms with Crippen LogP contribution in [0.5, 0.6) is 0 Å². The molecule has 0 atom stereocenters. The SMILES string of the molecule is Cc1ccc(S(=O)(=O)NC/C=C/C=C/[Si](C)(C)C)cc1. The van der Waals surface area contributed by atoms with Crippen LogP contribution in [0, 0.1) is 6.92 Å². The highest BCUT2D eigenvalue weighted by Crippen LogP contribution is 2.09. The van der Waals surface area contributed by atoms with Crippen LogP contribution < -0.4 is 4.72 Å². The van der Waals surface area contributed by atoms with E-state index in [4.69, 9.17) is 0 Å². The molecule has 0 bridgehead atoms. The van der Waals surface area contributed by atoms with E-state index in [1.165, 1.54) is 0 Å². The lowest BCUT2D eigenvalue weighted by Gasteiger charge is -2.06. The van der Waals surface area contributed by atoms with E-state index < -0.39 is 18.1 Å². The molecular formula is C15H23NO2SSi. The van der Waals surface area contributed by atoms with Crippen molar-refractivity contribution in [2.75, 3.05) is 6.54 Å². The largest absolute Gasteiger partial charge is 0.240 e. The molecular weight excluding hydrogens is 286 g/mol. The number of sulfonamides is 1. The zero-order valence-electron chi connectivity index (χ0n) is 12.6. The quantitative estimate of drug-likeness (QED) is 0.647. The van der Waals surface area contributed by atoms with Gasteiger partial charge in [-0.25, -0.2) is 13.1 Å². The third-order valence-corrected chi connectivity index (χ3v) is 5.20. The summed E-state index contributed by atoms with van der Waals surface area (Å²) in [7, 11) is -4.59. The molecule has 1 rings (SSSR count). The monoisotopic (exact) mass is 309 g/mol. The van der Waals surface area contributed by atoms with Gasteiger partial charge in [-0.3, -0.25) is 0 Å². The molecule has 5 heteroatoms. The van der Waals surface area contributed by atoms with Crippen LogP contribution in [0.25, 0.3) is 0 Å². The van der Waals surface area contributed by atoms with Crippen molar-refractivity contribution >= 4 is 18.1 Å². The summed E-state index contributed by atoms with van der Waals surface area (Å²) in [4.78, 5) is 0.300. The number of nitrogens with one attached hydrogen (secondary N) is 1. The number of allylic oxidation sites excluding steroid dienone is 2. The summed E-state index contributed by atoms with van der Waals surface area (Å²) in [5, 5.41) is 0. The summed E-state index contributed by atoms with van der Waals surface area (Å²) in [5.41, 5.74) is 3.25. The Hall–Kier alpha value is -1.17. The minimum Gasteiger partial charge on any atom is -0.207 e. The van der Waals surface area contributed by atoms with Crippen LogP contribution in [0.3, 0.4) is 0 Å². The molecule has 0 saturated carbocycles. The highest BCUT2D eigenvalue weighted by atomic mass is 32.2. The average Bonchev–Trinajstić information content (AvgIpc) is 2.33. The normalized spacial score (nSPS) is 13.4. The molecule has 0 aliphatic heterocycles. The minimum absolute atomic E-state index is 0.298. The molecule has 0 fully saturated rings. The molecule has 0 spiro atoms. The number of benzene rings is 1. The lowest BCUT2D eigenvalue weighted by Crippen LogP contribution is -2.23. The molecule has 0 radical (unpaired) electrons. The lowest BCUT2D eigenvalue weighted by atomic mass is 10.2. The number of hydrogen-bond donors (Lipinski definition) is 1. The summed E-state index contributed by atoms with van der Waals surface area (Å²) in [6.45, 7) is 8.97. The number of hydrogen-bond acceptors (Lipinski definition) is 2. The van der Waals surface area contributed by atoms with Crippen molar-refractivity contribution in [3.8, 4) is 0 Å². The van der Waals surface area contributed by atoms with Crippen LogP contribution in [-0.4, -0.2) is 23.0 Å². The molecule has 0 aromatic heterocycles. The van der Waals surface area contributed by atoms with Gasteiger partial charge in [0, 0.05) is 6.54 Å². The Morgan fingerprint density at radius 1 is 1.10 bits per heavy atom. The van der Waals surface area contributed by atoms with Crippen molar-refractivity contribution in [2.24, 2.45) is 0 Å². The Kier molecular flexibility index (Phi) is 5.92. The van der Waals surface area contributed by atoms with E-state index in [2.05, 4.69) is 30.1 Å². The molecule has 3 nitrogen and oxygen atoms in total. The Morgan fingerprint density at radius 3 is 2.25 bits per heavy atom. The van der Waals surface area contributed by atoms with E-state index >= 15 is 0 Å². The molecule has 0 amide bonds. The van der Waals surface area contributed by atoms with Gasteiger partial charge in [0.05, 0.1) is 13.0 Å². The van der Waals surface area contributed by atoms with Crippen molar-refractivity contribution in [1.82, 2.24) is 4.72 Å². The van der Waals surface area contributed by atoms with Gasteiger partial charge in [0.25, 0.3) is 0 Å². The highest BCUT2D eigenvalue weighted by molar-refractivity contribution is 7.89. The van der Waals surface area contributed by atoms with E-state index in [0.29, 0.717) is 11.4 Å². The molecule has 0 saturated heterocycles. The van der Waals surface area contributed by atoms with Gasteiger partial charge < -0.3 is 0 Å². The fourth-order valence-corrected chi connectivity index (χ4v) is 3.11. The molecule has 0 aliphatic carbocycles. The maximum absolute atomic E-state index is 12.0. The van der Waals surface area contributed by atoms with Crippen LogP contribution in [0.15, 0.2) is 53.1 Å². The van der Waals surface area contributed by atoms with Gasteiger partial charge in [-0.1, -0.05) is 61.3 Å². The number of aryl methyl sites for hydroxylation is 1. The molecule has 1 N–H and O–H groups in total. The molecule has 110 valence electrons. The first-order valence-corrected chi connectivity index (χ1v) is 11.7. The lowest BCUT2D eigenvalue weighted by molar-refractivity contribution is 0.585. The maximum Gasteiger partial charge on any atom is 0.240 e. The smallest absolute Gasteiger partial charge is 0.207 e. The first-order chi connectivity index (χ1) is 9.21. The zero-order chi connectivity index (χ0) is 15.2. The minimum atomic E-state index is -3.41. The average molecular weight is 310 g/mol. The predicted molar refractivity (Wildman–Crippen MR) is 88.0 cm³/mol. The first-order valence-electron chi connectivity index (χ1n) is 6.61. The third-order valence-electron chi connectivity index (χ3n) is 2.57. The van der Waals surface area contributed by atoms with Crippen molar-refractivity contribution in [2.45, 2.75) is 31.5 Å². The molecule has 1 aromatic rings. The van der Waals surface area contributed by atoms with E-state index in [-0.39, 0.29) is 0 Å². The van der Waals surface area contributed by atoms with Gasteiger partial charge in [0.2, 0.25) is 10.0 Å². The second kappa shape index (κ2) is 7.01. The summed E-state index contributed by atoms with van der Waals surface area (Å²) in [5.74, 6) is 0. The third kappa shape index (κ3) is 6.32. The van der Waals surface area contributed by atoms with Crippen LogP contribution in [-0.2, 0) is 10.0 Å². The Morgan fingerprint density at radius 2 is 1.70 bits per heavy atom. The van der Waals surface area contributed by atoms with Gasteiger partial charge in [0.15, 0.2) is 0 Å². The Labute approximate surface area is 123 Å². The van der Waals surface area contributed by atoms with Crippen LogP contribution in [0.4, 0.5) is 0 Å². The Balaban J connectivity index is 2.55. The highest BCUT2D eigenvalue weighted by Gasteiger charge is 2.11. The van der Waals surface area contributed by atoms with Crippen molar-refractivity contribution in [1.29, 1.82) is 0 Å². The van der Waals surface area contributed by atoms with E-state index in [1.807, 2.05) is 25.2 Å². The molecule has 0 unspecified atom stereocenters. The topological polar surface area (TPSA) is 46.2 Å². The Bertz CT molecular complexity index is 581.